The van der Waals surface area contributed by atoms with Crippen molar-refractivity contribution in [2.24, 2.45) is 0 Å². The Morgan fingerprint density at radius 1 is 0.404 bits per heavy atom. The number of para-hydroxylation sites is 2. The molecule has 0 amide bonds. The molecule has 4 aromatic rings. The molecule has 0 bridgehead atoms. The summed E-state index contributed by atoms with van der Waals surface area (Å²) < 4.78 is 21.5. The van der Waals surface area contributed by atoms with E-state index in [4.69, 9.17) is 13.4 Å². The summed E-state index contributed by atoms with van der Waals surface area (Å²) in [6.45, 7) is 25.8. The molecule has 0 fully saturated rings. The molecule has 2 N–H and O–H groups in total. The molecule has 0 aliphatic carbocycles. The molecule has 0 heterocycles. The van der Waals surface area contributed by atoms with Crippen molar-refractivity contribution in [2.75, 3.05) is 0 Å². The van der Waals surface area contributed by atoms with Gasteiger partial charge in [-0.1, -0.05) is 156 Å². The summed E-state index contributed by atoms with van der Waals surface area (Å²) in [5.74, 6) is 1.26. The minimum absolute atomic E-state index is 0.271. The maximum Gasteiger partial charge on any atom is 0.584 e. The Hall–Kier alpha value is -2.78. The monoisotopic (exact) mass is 676 g/mol. The van der Waals surface area contributed by atoms with Crippen LogP contribution < -0.4 is 19.7 Å². The van der Waals surface area contributed by atoms with Gasteiger partial charge in [0.1, 0.15) is 0 Å². The second kappa shape index (κ2) is 13.3. The van der Waals surface area contributed by atoms with Crippen molar-refractivity contribution in [3.63, 3.8) is 0 Å². The Labute approximate surface area is 284 Å². The molecule has 0 radical (unpaired) electrons. The van der Waals surface area contributed by atoms with E-state index in [0.717, 1.165) is 22.3 Å². The second-order valence-electron chi connectivity index (χ2n) is 16.3. The first-order chi connectivity index (χ1) is 21.6. The summed E-state index contributed by atoms with van der Waals surface area (Å²) in [5, 5.41) is 0.864. The molecular weight excluding hydrogens is 622 g/mol. The normalized spacial score (nSPS) is 13.4. The molecule has 0 aliphatic rings. The van der Waals surface area contributed by atoms with Crippen LogP contribution in [0.15, 0.2) is 97.1 Å². The van der Waals surface area contributed by atoms with Gasteiger partial charge in [0.15, 0.2) is 16.8 Å². The van der Waals surface area contributed by atoms with E-state index in [0.29, 0.717) is 16.8 Å². The molecule has 4 aromatic carbocycles. The third-order valence-corrected chi connectivity index (χ3v) is 12.6. The summed E-state index contributed by atoms with van der Waals surface area (Å²) in [6, 6.07) is 30.6. The topological polar surface area (TPSA) is 68.2 Å². The van der Waals surface area contributed by atoms with Gasteiger partial charge in [-0.05, 0) is 45.9 Å². The van der Waals surface area contributed by atoms with Crippen molar-refractivity contribution in [3.05, 3.63) is 119 Å². The summed E-state index contributed by atoms with van der Waals surface area (Å²) >= 11 is 0. The van der Waals surface area contributed by atoms with Crippen LogP contribution in [0.1, 0.15) is 105 Å². The fourth-order valence-electron chi connectivity index (χ4n) is 5.51. The first kappa shape index (κ1) is 37.0. The molecule has 0 saturated heterocycles. The third kappa shape index (κ3) is 8.45. The molecule has 5 nitrogen and oxygen atoms in total. The molecule has 0 saturated carbocycles. The van der Waals surface area contributed by atoms with E-state index < -0.39 is 15.9 Å². The van der Waals surface area contributed by atoms with E-state index in [9.17, 15) is 9.79 Å². The van der Waals surface area contributed by atoms with Crippen LogP contribution in [0.3, 0.4) is 0 Å². The van der Waals surface area contributed by atoms with Crippen molar-refractivity contribution in [3.8, 4) is 11.5 Å². The third-order valence-electron chi connectivity index (χ3n) is 8.07. The van der Waals surface area contributed by atoms with Gasteiger partial charge >= 0.3 is 15.9 Å². The van der Waals surface area contributed by atoms with Crippen molar-refractivity contribution in [2.45, 2.75) is 105 Å². The minimum atomic E-state index is -4.28. The smallest absolute Gasteiger partial charge is 0.270 e. The molecule has 7 heteroatoms. The maximum absolute atomic E-state index is 12.0. The zero-order chi connectivity index (χ0) is 35.1. The van der Waals surface area contributed by atoms with Crippen molar-refractivity contribution in [1.82, 2.24) is 0 Å². The largest absolute Gasteiger partial charge is 0.584 e. The Kier molecular flexibility index (Phi) is 10.5. The van der Waals surface area contributed by atoms with Gasteiger partial charge < -0.3 is 0 Å². The fourth-order valence-corrected chi connectivity index (χ4v) is 9.95. The highest BCUT2D eigenvalue weighted by Gasteiger charge is 2.66. The summed E-state index contributed by atoms with van der Waals surface area (Å²) in [4.78, 5) is 23.9. The zero-order valence-corrected chi connectivity index (χ0v) is 32.0. The number of hydrogen-bond donors (Lipinski definition) is 2. The van der Waals surface area contributed by atoms with E-state index in [1.165, 1.54) is 0 Å². The van der Waals surface area contributed by atoms with Gasteiger partial charge in [-0.2, -0.15) is 9.79 Å². The molecule has 47 heavy (non-hydrogen) atoms. The zero-order valence-electron chi connectivity index (χ0n) is 30.3. The van der Waals surface area contributed by atoms with E-state index in [1.54, 1.807) is 24.3 Å². The number of rotatable bonds is 8. The predicted octanol–water partition coefficient (Wildman–Crippen LogP) is 10.5. The molecule has 0 aromatic heterocycles. The van der Waals surface area contributed by atoms with Gasteiger partial charge in [-0.3, -0.25) is 9.05 Å². The van der Waals surface area contributed by atoms with Gasteiger partial charge in [-0.25, -0.2) is 0 Å². The summed E-state index contributed by atoms with van der Waals surface area (Å²) in [5.41, 5.74) is 2.63. The lowest BCUT2D eigenvalue weighted by Crippen LogP contribution is -2.30. The van der Waals surface area contributed by atoms with Crippen LogP contribution in [0, 0.1) is 0 Å². The highest BCUT2D eigenvalue weighted by molar-refractivity contribution is 7.81. The predicted molar refractivity (Wildman–Crippen MR) is 200 cm³/mol. The Bertz CT molecular complexity index is 1510. The van der Waals surface area contributed by atoms with Crippen LogP contribution >= 0.6 is 15.9 Å². The molecule has 0 spiro atoms. The van der Waals surface area contributed by atoms with E-state index in [2.05, 4.69) is 119 Å². The van der Waals surface area contributed by atoms with Gasteiger partial charge in [0.25, 0.3) is 0 Å². The Morgan fingerprint density at radius 3 is 1.00 bits per heavy atom. The van der Waals surface area contributed by atoms with E-state index in [-0.39, 0.29) is 27.0 Å². The van der Waals surface area contributed by atoms with Crippen LogP contribution in [0.4, 0.5) is 0 Å². The molecular formula is C40H54O5P2+2. The van der Waals surface area contributed by atoms with Crippen LogP contribution in [0.2, 0.25) is 0 Å². The van der Waals surface area contributed by atoms with Gasteiger partial charge in [-0.15, -0.1) is 0 Å². The van der Waals surface area contributed by atoms with Crippen molar-refractivity contribution in [1.29, 1.82) is 0 Å². The van der Waals surface area contributed by atoms with Gasteiger partial charge in [0.2, 0.25) is 5.30 Å². The molecule has 4 rings (SSSR count). The minimum Gasteiger partial charge on any atom is -0.270 e. The lowest BCUT2D eigenvalue weighted by molar-refractivity contribution is 0.301. The standard InChI is InChI=1S/C40H54O5P2/c1-37(2,3)31-25-19-26-32(38(4,5)6)35(31)43-47(30-23-17-14-18-24-30,45-46(41,42)29-21-15-13-16-22-29)44-36-33(39(7,8)9)27-20-28-34(36)40(10,11)12/h13-28,41-42H,1-12H3/q+2. The quantitative estimate of drug-likeness (QED) is 0.182. The maximum atomic E-state index is 12.0. The van der Waals surface area contributed by atoms with Crippen LogP contribution in [0.25, 0.3) is 0 Å². The van der Waals surface area contributed by atoms with Crippen LogP contribution in [-0.4, -0.2) is 9.79 Å². The first-order valence-corrected chi connectivity index (χ1v) is 19.5. The highest BCUT2D eigenvalue weighted by Crippen LogP contribution is 2.73. The van der Waals surface area contributed by atoms with Gasteiger partial charge in [0, 0.05) is 22.3 Å². The second-order valence-corrected chi connectivity index (χ2v) is 20.5. The van der Waals surface area contributed by atoms with Gasteiger partial charge in [0.05, 0.1) is 4.31 Å². The first-order valence-electron chi connectivity index (χ1n) is 16.3. The van der Waals surface area contributed by atoms with Crippen molar-refractivity contribution < 1.29 is 23.1 Å². The molecule has 0 aliphatic heterocycles. The average Bonchev–Trinajstić information content (AvgIpc) is 2.96. The number of hydrogen-bond acceptors (Lipinski definition) is 5. The fraction of sp³-hybridized carbons (Fsp3) is 0.400. The SMILES string of the molecule is CC(C)(C)c1cccc(C(C)(C)C)c1O[P+](Oc1c(C(C)(C)C)cccc1C(C)(C)C)(O[P+](O)(O)c1ccccc1)c1ccccc1. The summed E-state index contributed by atoms with van der Waals surface area (Å²) in [6.07, 6.45) is 0. The molecule has 0 atom stereocenters. The van der Waals surface area contributed by atoms with E-state index in [1.807, 2.05) is 36.4 Å². The lowest BCUT2D eigenvalue weighted by atomic mass is 9.79. The number of benzene rings is 4. The lowest BCUT2D eigenvalue weighted by Gasteiger charge is -2.32. The Morgan fingerprint density at radius 2 is 0.702 bits per heavy atom. The van der Waals surface area contributed by atoms with Crippen LogP contribution in [-0.2, 0) is 26.0 Å². The van der Waals surface area contributed by atoms with E-state index >= 15 is 0 Å². The van der Waals surface area contributed by atoms with Crippen LogP contribution in [0.5, 0.6) is 11.5 Å². The summed E-state index contributed by atoms with van der Waals surface area (Å²) in [7, 11) is -8.20. The van der Waals surface area contributed by atoms with Crippen molar-refractivity contribution >= 4 is 26.5 Å². The highest BCUT2D eigenvalue weighted by atomic mass is 31.3. The average molecular weight is 677 g/mol. The molecule has 0 unspecified atom stereocenters. The Balaban J connectivity index is 2.16. The molecule has 252 valence electrons.